The fourth-order valence-corrected chi connectivity index (χ4v) is 5.72. The molecule has 1 aliphatic carbocycles. The second kappa shape index (κ2) is 10.2. The van der Waals surface area contributed by atoms with E-state index < -0.39 is 0 Å². The molecule has 3 fully saturated rings. The third-order valence-corrected chi connectivity index (χ3v) is 7.58. The van der Waals surface area contributed by atoms with E-state index in [1.54, 1.807) is 0 Å². The Balaban J connectivity index is 1.24. The van der Waals surface area contributed by atoms with Gasteiger partial charge < -0.3 is 19.4 Å². The molecule has 2 amide bonds. The van der Waals surface area contributed by atoms with Gasteiger partial charge in [0.25, 0.3) is 0 Å². The lowest BCUT2D eigenvalue weighted by atomic mass is 9.88. The van der Waals surface area contributed by atoms with Crippen LogP contribution in [0.5, 0.6) is 5.75 Å². The van der Waals surface area contributed by atoms with Crippen molar-refractivity contribution in [1.29, 1.82) is 0 Å². The molecule has 0 radical (unpaired) electrons. The Morgan fingerprint density at radius 1 is 0.968 bits per heavy atom. The van der Waals surface area contributed by atoms with Gasteiger partial charge in [-0.1, -0.05) is 31.0 Å². The van der Waals surface area contributed by atoms with Crippen LogP contribution in [0.3, 0.4) is 0 Å². The zero-order valence-electron chi connectivity index (χ0n) is 19.8. The summed E-state index contributed by atoms with van der Waals surface area (Å²) in [5, 5.41) is 0. The molecular formula is C26H41N3O2. The number of carbonyl (C=O) groups is 1. The van der Waals surface area contributed by atoms with E-state index >= 15 is 0 Å². The Labute approximate surface area is 188 Å². The zero-order chi connectivity index (χ0) is 21.8. The van der Waals surface area contributed by atoms with E-state index in [1.807, 2.05) is 0 Å². The van der Waals surface area contributed by atoms with Gasteiger partial charge in [0.05, 0.1) is 6.10 Å². The lowest BCUT2D eigenvalue weighted by molar-refractivity contribution is 0.141. The number of urea groups is 1. The molecule has 172 valence electrons. The molecule has 1 atom stereocenters. The fraction of sp³-hybridized carbons (Fsp3) is 0.731. The number of rotatable bonds is 8. The van der Waals surface area contributed by atoms with Crippen LogP contribution in [-0.4, -0.2) is 71.6 Å². The molecule has 1 unspecified atom stereocenters. The van der Waals surface area contributed by atoms with Crippen molar-refractivity contribution in [2.45, 2.75) is 89.8 Å². The average molecular weight is 428 g/mol. The van der Waals surface area contributed by atoms with Crippen LogP contribution in [0.2, 0.25) is 0 Å². The number of benzene rings is 1. The van der Waals surface area contributed by atoms with E-state index in [2.05, 4.69) is 59.7 Å². The number of hydrogen-bond acceptors (Lipinski definition) is 3. The maximum absolute atomic E-state index is 12.8. The summed E-state index contributed by atoms with van der Waals surface area (Å²) in [7, 11) is 0. The Morgan fingerprint density at radius 3 is 2.39 bits per heavy atom. The highest BCUT2D eigenvalue weighted by Crippen LogP contribution is 2.35. The summed E-state index contributed by atoms with van der Waals surface area (Å²) in [6.45, 7) is 11.5. The molecule has 2 aliphatic heterocycles. The SMILES string of the molecule is CC(C)Oc1ccccc1C1CCN(C(C)CCN2CCN(C3CCCC3)C2=O)CC1. The van der Waals surface area contributed by atoms with E-state index in [9.17, 15) is 4.79 Å². The highest BCUT2D eigenvalue weighted by atomic mass is 16.5. The van der Waals surface area contributed by atoms with Gasteiger partial charge in [-0.2, -0.15) is 0 Å². The molecule has 31 heavy (non-hydrogen) atoms. The number of nitrogens with zero attached hydrogens (tertiary/aromatic N) is 3. The number of piperidine rings is 1. The van der Waals surface area contributed by atoms with Crippen molar-refractivity contribution in [3.8, 4) is 5.75 Å². The minimum atomic E-state index is 0.208. The maximum atomic E-state index is 12.8. The van der Waals surface area contributed by atoms with E-state index in [0.29, 0.717) is 24.0 Å². The quantitative estimate of drug-likeness (QED) is 0.578. The minimum Gasteiger partial charge on any atom is -0.491 e. The van der Waals surface area contributed by atoms with Gasteiger partial charge in [0.15, 0.2) is 0 Å². The summed E-state index contributed by atoms with van der Waals surface area (Å²) < 4.78 is 6.07. The molecule has 2 saturated heterocycles. The van der Waals surface area contributed by atoms with Crippen LogP contribution < -0.4 is 4.74 Å². The van der Waals surface area contributed by atoms with Crippen molar-refractivity contribution in [3.05, 3.63) is 29.8 Å². The summed E-state index contributed by atoms with van der Waals surface area (Å²) in [6, 6.07) is 9.90. The largest absolute Gasteiger partial charge is 0.491 e. The van der Waals surface area contributed by atoms with Crippen LogP contribution in [0, 0.1) is 0 Å². The minimum absolute atomic E-state index is 0.208. The number of carbonyl (C=O) groups excluding carboxylic acids is 1. The molecule has 1 saturated carbocycles. The number of amides is 2. The number of hydrogen-bond donors (Lipinski definition) is 0. The van der Waals surface area contributed by atoms with Crippen molar-refractivity contribution in [3.63, 3.8) is 0 Å². The van der Waals surface area contributed by atoms with Gasteiger partial charge in [-0.3, -0.25) is 0 Å². The van der Waals surface area contributed by atoms with Gasteiger partial charge in [0.2, 0.25) is 0 Å². The highest BCUT2D eigenvalue weighted by molar-refractivity contribution is 5.76. The van der Waals surface area contributed by atoms with Crippen LogP contribution in [0.1, 0.15) is 77.2 Å². The topological polar surface area (TPSA) is 36.0 Å². The van der Waals surface area contributed by atoms with E-state index in [-0.39, 0.29) is 6.10 Å². The van der Waals surface area contributed by atoms with Crippen LogP contribution in [-0.2, 0) is 0 Å². The summed E-state index contributed by atoms with van der Waals surface area (Å²) in [6.07, 6.45) is 8.63. The highest BCUT2D eigenvalue weighted by Gasteiger charge is 2.35. The summed E-state index contributed by atoms with van der Waals surface area (Å²) in [5.74, 6) is 1.64. The molecule has 1 aromatic carbocycles. The third-order valence-electron chi connectivity index (χ3n) is 7.58. The van der Waals surface area contributed by atoms with Gasteiger partial charge in [-0.15, -0.1) is 0 Å². The lowest BCUT2D eigenvalue weighted by Crippen LogP contribution is -2.42. The van der Waals surface area contributed by atoms with Gasteiger partial charge >= 0.3 is 6.03 Å². The maximum Gasteiger partial charge on any atom is 0.320 e. The van der Waals surface area contributed by atoms with Crippen molar-refractivity contribution in [1.82, 2.24) is 14.7 Å². The Morgan fingerprint density at radius 2 is 1.68 bits per heavy atom. The van der Waals surface area contributed by atoms with Crippen LogP contribution in [0.4, 0.5) is 4.79 Å². The van der Waals surface area contributed by atoms with Crippen molar-refractivity contribution in [2.24, 2.45) is 0 Å². The molecule has 1 aromatic rings. The molecular weight excluding hydrogens is 386 g/mol. The molecule has 0 N–H and O–H groups in total. The average Bonchev–Trinajstić information content (AvgIpc) is 3.42. The third kappa shape index (κ3) is 5.36. The standard InChI is InChI=1S/C26H41N3O2/c1-20(2)31-25-11-7-6-10-24(25)22-13-16-27(17-14-22)21(3)12-15-28-18-19-29(26(28)30)23-8-4-5-9-23/h6-7,10-11,20-23H,4-5,8-9,12-19H2,1-3H3. The second-order valence-electron chi connectivity index (χ2n) is 10.1. The van der Waals surface area contributed by atoms with Crippen molar-refractivity contribution < 1.29 is 9.53 Å². The van der Waals surface area contributed by atoms with Gasteiger partial charge in [-0.25, -0.2) is 4.79 Å². The monoisotopic (exact) mass is 427 g/mol. The molecule has 5 nitrogen and oxygen atoms in total. The van der Waals surface area contributed by atoms with E-state index in [0.717, 1.165) is 44.9 Å². The molecule has 0 bridgehead atoms. The lowest BCUT2D eigenvalue weighted by Gasteiger charge is -2.37. The number of ether oxygens (including phenoxy) is 1. The van der Waals surface area contributed by atoms with Gasteiger partial charge in [-0.05, 0) is 83.5 Å². The second-order valence-corrected chi connectivity index (χ2v) is 10.1. The van der Waals surface area contributed by atoms with Gasteiger partial charge in [0, 0.05) is 31.7 Å². The molecule has 0 spiro atoms. The predicted octanol–water partition coefficient (Wildman–Crippen LogP) is 5.11. The summed E-state index contributed by atoms with van der Waals surface area (Å²) in [5.41, 5.74) is 1.37. The van der Waals surface area contributed by atoms with E-state index in [4.69, 9.17) is 4.74 Å². The normalized spacial score (nSPS) is 22.6. The first-order valence-electron chi connectivity index (χ1n) is 12.6. The molecule has 3 aliphatic rings. The Kier molecular flexibility index (Phi) is 7.42. The predicted molar refractivity (Wildman–Crippen MR) is 126 cm³/mol. The first kappa shape index (κ1) is 22.4. The Bertz CT molecular complexity index is 723. The van der Waals surface area contributed by atoms with Crippen molar-refractivity contribution in [2.75, 3.05) is 32.7 Å². The van der Waals surface area contributed by atoms with Crippen LogP contribution in [0.15, 0.2) is 24.3 Å². The van der Waals surface area contributed by atoms with Crippen LogP contribution >= 0.6 is 0 Å². The van der Waals surface area contributed by atoms with Gasteiger partial charge in [0.1, 0.15) is 5.75 Å². The fourth-order valence-electron chi connectivity index (χ4n) is 5.72. The smallest absolute Gasteiger partial charge is 0.320 e. The van der Waals surface area contributed by atoms with Crippen molar-refractivity contribution >= 4 is 6.03 Å². The zero-order valence-corrected chi connectivity index (χ0v) is 19.8. The summed E-state index contributed by atoms with van der Waals surface area (Å²) in [4.78, 5) is 19.7. The molecule has 4 rings (SSSR count). The first-order valence-corrected chi connectivity index (χ1v) is 12.6. The molecule has 2 heterocycles. The Hall–Kier alpha value is -1.75. The first-order chi connectivity index (χ1) is 15.0. The molecule has 5 heteroatoms. The summed E-state index contributed by atoms with van der Waals surface area (Å²) >= 11 is 0. The number of para-hydroxylation sites is 1. The molecule has 0 aromatic heterocycles. The number of likely N-dealkylation sites (tertiary alicyclic amines) is 1. The van der Waals surface area contributed by atoms with E-state index in [1.165, 1.54) is 44.1 Å². The van der Waals surface area contributed by atoms with Crippen LogP contribution in [0.25, 0.3) is 0 Å².